The van der Waals surface area contributed by atoms with Crippen LogP contribution in [0.4, 0.5) is 0 Å². The van der Waals surface area contributed by atoms with Crippen LogP contribution in [0, 0.1) is 17.8 Å². The summed E-state index contributed by atoms with van der Waals surface area (Å²) in [6.45, 7) is 5.81. The van der Waals surface area contributed by atoms with E-state index in [0.29, 0.717) is 6.04 Å². The third-order valence-corrected chi connectivity index (χ3v) is 4.95. The van der Waals surface area contributed by atoms with Crippen molar-refractivity contribution in [3.8, 4) is 0 Å². The number of rotatable bonds is 5. The molecule has 0 aliphatic heterocycles. The Bertz CT molecular complexity index is 243. The van der Waals surface area contributed by atoms with Crippen molar-refractivity contribution in [3.05, 3.63) is 0 Å². The molecule has 2 aliphatic rings. The van der Waals surface area contributed by atoms with E-state index in [9.17, 15) is 5.11 Å². The molecular formula is C15H29NO. The highest BCUT2D eigenvalue weighted by atomic mass is 16.3. The van der Waals surface area contributed by atoms with Crippen LogP contribution >= 0.6 is 0 Å². The summed E-state index contributed by atoms with van der Waals surface area (Å²) in [5, 5.41) is 10.2. The maximum absolute atomic E-state index is 10.2. The quantitative estimate of drug-likeness (QED) is 0.797. The zero-order valence-corrected chi connectivity index (χ0v) is 11.7. The van der Waals surface area contributed by atoms with Crippen molar-refractivity contribution < 1.29 is 5.11 Å². The lowest BCUT2D eigenvalue weighted by atomic mass is 9.81. The molecule has 0 spiro atoms. The van der Waals surface area contributed by atoms with Crippen LogP contribution in [0.2, 0.25) is 0 Å². The lowest BCUT2D eigenvalue weighted by Crippen LogP contribution is -2.46. The highest BCUT2D eigenvalue weighted by molar-refractivity contribution is 4.90. The van der Waals surface area contributed by atoms with E-state index >= 15 is 0 Å². The van der Waals surface area contributed by atoms with E-state index < -0.39 is 0 Å². The van der Waals surface area contributed by atoms with Gasteiger partial charge in [-0.3, -0.25) is 0 Å². The Morgan fingerprint density at radius 1 is 1.24 bits per heavy atom. The molecule has 0 heterocycles. The minimum Gasteiger partial charge on any atom is -0.391 e. The van der Waals surface area contributed by atoms with Gasteiger partial charge in [-0.25, -0.2) is 0 Å². The van der Waals surface area contributed by atoms with Gasteiger partial charge in [0.1, 0.15) is 0 Å². The molecule has 100 valence electrons. The molecular weight excluding hydrogens is 210 g/mol. The first kappa shape index (κ1) is 13.4. The Morgan fingerprint density at radius 3 is 2.53 bits per heavy atom. The van der Waals surface area contributed by atoms with Crippen LogP contribution in [0.3, 0.4) is 0 Å². The summed E-state index contributed by atoms with van der Waals surface area (Å²) in [6, 6.07) is 0.424. The summed E-state index contributed by atoms with van der Waals surface area (Å²) >= 11 is 0. The van der Waals surface area contributed by atoms with Gasteiger partial charge in [-0.05, 0) is 50.5 Å². The Morgan fingerprint density at radius 2 is 1.94 bits per heavy atom. The van der Waals surface area contributed by atoms with Crippen LogP contribution in [0.25, 0.3) is 0 Å². The minimum absolute atomic E-state index is 0.0813. The molecule has 0 radical (unpaired) electrons. The molecule has 0 aromatic rings. The number of aliphatic hydroxyl groups is 1. The monoisotopic (exact) mass is 239 g/mol. The molecule has 0 aromatic heterocycles. The van der Waals surface area contributed by atoms with Gasteiger partial charge in [0, 0.05) is 12.6 Å². The molecule has 0 saturated heterocycles. The van der Waals surface area contributed by atoms with Crippen molar-refractivity contribution in [1.29, 1.82) is 0 Å². The summed E-state index contributed by atoms with van der Waals surface area (Å²) in [7, 11) is 2.22. The lowest BCUT2D eigenvalue weighted by molar-refractivity contribution is 0.0107. The van der Waals surface area contributed by atoms with Gasteiger partial charge in [0.15, 0.2) is 0 Å². The average molecular weight is 239 g/mol. The van der Waals surface area contributed by atoms with E-state index in [4.69, 9.17) is 0 Å². The van der Waals surface area contributed by atoms with E-state index in [2.05, 4.69) is 25.8 Å². The van der Waals surface area contributed by atoms with Crippen LogP contribution in [0.5, 0.6) is 0 Å². The summed E-state index contributed by atoms with van der Waals surface area (Å²) in [5.74, 6) is 2.68. The normalized spacial score (nSPS) is 41.8. The fourth-order valence-electron chi connectivity index (χ4n) is 3.52. The second kappa shape index (κ2) is 5.71. The van der Waals surface area contributed by atoms with Crippen LogP contribution < -0.4 is 0 Å². The van der Waals surface area contributed by atoms with Crippen molar-refractivity contribution >= 4 is 0 Å². The number of nitrogens with zero attached hydrogens (tertiary/aromatic N) is 1. The predicted octanol–water partition coefficient (Wildman–Crippen LogP) is 2.90. The molecule has 0 amide bonds. The summed E-state index contributed by atoms with van der Waals surface area (Å²) in [4.78, 5) is 2.45. The molecule has 1 N–H and O–H groups in total. The van der Waals surface area contributed by atoms with E-state index in [0.717, 1.165) is 24.2 Å². The maximum atomic E-state index is 10.2. The molecule has 17 heavy (non-hydrogen) atoms. The summed E-state index contributed by atoms with van der Waals surface area (Å²) in [6.07, 6.45) is 7.41. The fourth-order valence-corrected chi connectivity index (χ4v) is 3.52. The van der Waals surface area contributed by atoms with Gasteiger partial charge in [-0.2, -0.15) is 0 Å². The predicted molar refractivity (Wildman–Crippen MR) is 71.9 cm³/mol. The highest BCUT2D eigenvalue weighted by Crippen LogP contribution is 2.39. The number of hydrogen-bond acceptors (Lipinski definition) is 2. The van der Waals surface area contributed by atoms with E-state index in [1.165, 1.54) is 38.6 Å². The number of likely N-dealkylation sites (N-methyl/N-ethyl adjacent to an activating group) is 1. The standard InChI is InChI=1S/C15H29NO/c1-4-5-12-6-7-15(17)14(9-12)16(3)10-13-8-11(13)2/h11-15,17H,4-10H2,1-3H3. The van der Waals surface area contributed by atoms with Crippen molar-refractivity contribution in [2.45, 2.75) is 64.5 Å². The molecule has 2 nitrogen and oxygen atoms in total. The van der Waals surface area contributed by atoms with Gasteiger partial charge < -0.3 is 10.0 Å². The summed E-state index contributed by atoms with van der Waals surface area (Å²) in [5.41, 5.74) is 0. The smallest absolute Gasteiger partial charge is 0.0695 e. The third-order valence-electron chi connectivity index (χ3n) is 4.95. The Kier molecular flexibility index (Phi) is 4.48. The molecule has 2 rings (SSSR count). The third kappa shape index (κ3) is 3.45. The van der Waals surface area contributed by atoms with Crippen molar-refractivity contribution in [1.82, 2.24) is 4.90 Å². The van der Waals surface area contributed by atoms with E-state index in [-0.39, 0.29) is 6.10 Å². The summed E-state index contributed by atoms with van der Waals surface area (Å²) < 4.78 is 0. The number of aliphatic hydroxyl groups excluding tert-OH is 1. The minimum atomic E-state index is -0.0813. The zero-order valence-electron chi connectivity index (χ0n) is 11.7. The SMILES string of the molecule is CCCC1CCC(O)C(N(C)CC2CC2C)C1. The van der Waals surface area contributed by atoms with Crippen molar-refractivity contribution in [2.75, 3.05) is 13.6 Å². The second-order valence-electron chi connectivity index (χ2n) is 6.52. The van der Waals surface area contributed by atoms with Crippen LogP contribution in [0.1, 0.15) is 52.4 Å². The van der Waals surface area contributed by atoms with Gasteiger partial charge in [0.2, 0.25) is 0 Å². The van der Waals surface area contributed by atoms with E-state index in [1.54, 1.807) is 0 Å². The van der Waals surface area contributed by atoms with Gasteiger partial charge in [-0.1, -0.05) is 26.7 Å². The Labute approximate surface area is 106 Å². The van der Waals surface area contributed by atoms with Gasteiger partial charge in [0.05, 0.1) is 6.10 Å². The zero-order chi connectivity index (χ0) is 12.4. The van der Waals surface area contributed by atoms with Gasteiger partial charge in [-0.15, -0.1) is 0 Å². The first-order chi connectivity index (χ1) is 8.11. The first-order valence-corrected chi connectivity index (χ1v) is 7.50. The van der Waals surface area contributed by atoms with E-state index in [1.807, 2.05) is 0 Å². The topological polar surface area (TPSA) is 23.5 Å². The number of hydrogen-bond donors (Lipinski definition) is 1. The molecule has 2 aliphatic carbocycles. The molecule has 2 saturated carbocycles. The molecule has 0 aromatic carbocycles. The molecule has 5 atom stereocenters. The fraction of sp³-hybridized carbons (Fsp3) is 1.00. The van der Waals surface area contributed by atoms with Gasteiger partial charge >= 0.3 is 0 Å². The Balaban J connectivity index is 1.83. The van der Waals surface area contributed by atoms with Crippen molar-refractivity contribution in [2.24, 2.45) is 17.8 Å². The van der Waals surface area contributed by atoms with Crippen molar-refractivity contribution in [3.63, 3.8) is 0 Å². The largest absolute Gasteiger partial charge is 0.391 e. The second-order valence-corrected chi connectivity index (χ2v) is 6.52. The molecule has 2 fully saturated rings. The molecule has 2 heteroatoms. The molecule has 0 bridgehead atoms. The van der Waals surface area contributed by atoms with Crippen LogP contribution in [-0.2, 0) is 0 Å². The lowest BCUT2D eigenvalue weighted by Gasteiger charge is -2.39. The van der Waals surface area contributed by atoms with Crippen LogP contribution in [-0.4, -0.2) is 35.7 Å². The first-order valence-electron chi connectivity index (χ1n) is 7.50. The van der Waals surface area contributed by atoms with Gasteiger partial charge in [0.25, 0.3) is 0 Å². The highest BCUT2D eigenvalue weighted by Gasteiger charge is 2.37. The maximum Gasteiger partial charge on any atom is 0.0695 e. The van der Waals surface area contributed by atoms with Crippen LogP contribution in [0.15, 0.2) is 0 Å². The average Bonchev–Trinajstić information content (AvgIpc) is 2.97. The molecule has 5 unspecified atom stereocenters. The Hall–Kier alpha value is -0.0800.